The van der Waals surface area contributed by atoms with Crippen molar-refractivity contribution in [1.82, 2.24) is 19.9 Å². The van der Waals surface area contributed by atoms with Crippen LogP contribution in [-0.4, -0.2) is 59.3 Å². The molecular weight excluding hydrogens is 441 g/mol. The van der Waals surface area contributed by atoms with Crippen molar-refractivity contribution in [2.24, 2.45) is 5.92 Å². The van der Waals surface area contributed by atoms with Crippen LogP contribution in [0, 0.1) is 18.7 Å². The molecule has 0 aliphatic carbocycles. The molecule has 0 bridgehead atoms. The highest BCUT2D eigenvalue weighted by atomic mass is 32.2. The molecule has 0 unspecified atom stereocenters. The Morgan fingerprint density at radius 3 is 2.74 bits per heavy atom. The van der Waals surface area contributed by atoms with Crippen molar-refractivity contribution in [3.8, 4) is 0 Å². The van der Waals surface area contributed by atoms with Gasteiger partial charge in [0, 0.05) is 36.3 Å². The summed E-state index contributed by atoms with van der Waals surface area (Å²) in [6, 6.07) is 2.94. The molecule has 31 heavy (non-hydrogen) atoms. The van der Waals surface area contributed by atoms with E-state index in [1.54, 1.807) is 11.1 Å². The van der Waals surface area contributed by atoms with Crippen molar-refractivity contribution >= 4 is 43.2 Å². The van der Waals surface area contributed by atoms with Crippen LogP contribution in [0.1, 0.15) is 33.9 Å². The molecule has 3 aromatic heterocycles. The highest BCUT2D eigenvalue weighted by Crippen LogP contribution is 2.30. The van der Waals surface area contributed by atoms with E-state index >= 15 is 0 Å². The molecule has 0 radical (unpaired) electrons. The first-order chi connectivity index (χ1) is 14.6. The smallest absolute Gasteiger partial charge is 0.274 e. The Morgan fingerprint density at radius 2 is 2.06 bits per heavy atom. The normalized spacial score (nSPS) is 15.7. The molecule has 8 nitrogen and oxygen atoms in total. The van der Waals surface area contributed by atoms with E-state index in [1.807, 2.05) is 19.9 Å². The third kappa shape index (κ3) is 4.82. The van der Waals surface area contributed by atoms with Gasteiger partial charge >= 0.3 is 0 Å². The second kappa shape index (κ2) is 8.12. The number of amides is 1. The first-order valence-corrected chi connectivity index (χ1v) is 12.6. The zero-order valence-corrected chi connectivity index (χ0v) is 18.9. The van der Waals surface area contributed by atoms with E-state index in [2.05, 4.69) is 20.3 Å². The van der Waals surface area contributed by atoms with Crippen LogP contribution in [0.2, 0.25) is 0 Å². The maximum atomic E-state index is 13.5. The number of sulfone groups is 1. The molecule has 1 atom stereocenters. The molecule has 3 aromatic rings. The lowest BCUT2D eigenvalue weighted by Crippen LogP contribution is -2.52. The molecule has 164 valence electrons. The lowest BCUT2D eigenvalue weighted by molar-refractivity contribution is 0.0531. The lowest BCUT2D eigenvalue weighted by Gasteiger charge is -2.38. The molecule has 0 saturated carbocycles. The third-order valence-corrected chi connectivity index (χ3v) is 7.18. The molecule has 1 amide bonds. The molecule has 4 heterocycles. The number of nitrogens with zero attached hydrogens (tertiary/aromatic N) is 4. The van der Waals surface area contributed by atoms with Crippen molar-refractivity contribution in [3.05, 3.63) is 46.5 Å². The van der Waals surface area contributed by atoms with Gasteiger partial charge in [0.05, 0.1) is 28.2 Å². The summed E-state index contributed by atoms with van der Waals surface area (Å²) < 4.78 is 37.2. The van der Waals surface area contributed by atoms with Crippen molar-refractivity contribution < 1.29 is 17.6 Å². The molecule has 11 heteroatoms. The minimum Gasteiger partial charge on any atom is -0.348 e. The Bertz CT molecular complexity index is 1250. The summed E-state index contributed by atoms with van der Waals surface area (Å²) in [6.07, 6.45) is 3.89. The monoisotopic (exact) mass is 463 g/mol. The minimum atomic E-state index is -3.08. The molecular formula is C20H22FN5O3S2. The summed E-state index contributed by atoms with van der Waals surface area (Å²) in [5, 5.41) is 3.12. The predicted octanol–water partition coefficient (Wildman–Crippen LogP) is 2.82. The molecule has 0 spiro atoms. The number of halogens is 1. The number of thiophene rings is 1. The average molecular weight is 464 g/mol. The quantitative estimate of drug-likeness (QED) is 0.599. The van der Waals surface area contributed by atoms with Crippen LogP contribution in [0.15, 0.2) is 24.5 Å². The van der Waals surface area contributed by atoms with E-state index in [1.165, 1.54) is 23.7 Å². The number of hydrogen-bond acceptors (Lipinski definition) is 8. The zero-order chi connectivity index (χ0) is 22.3. The molecule has 1 fully saturated rings. The number of anilines is 1. The van der Waals surface area contributed by atoms with Gasteiger partial charge in [-0.2, -0.15) is 0 Å². The van der Waals surface area contributed by atoms with Crippen LogP contribution in [0.5, 0.6) is 0 Å². The Labute approximate surface area is 183 Å². The second-order valence-electron chi connectivity index (χ2n) is 7.94. The van der Waals surface area contributed by atoms with Crippen molar-refractivity contribution in [2.75, 3.05) is 30.4 Å². The predicted molar refractivity (Wildman–Crippen MR) is 117 cm³/mol. The fraction of sp³-hybridized carbons (Fsp3) is 0.400. The van der Waals surface area contributed by atoms with Gasteiger partial charge in [-0.1, -0.05) is 0 Å². The topological polar surface area (TPSA) is 105 Å². The maximum absolute atomic E-state index is 13.5. The summed E-state index contributed by atoms with van der Waals surface area (Å²) in [7, 11) is -3.08. The number of aryl methyl sites for hydroxylation is 1. The van der Waals surface area contributed by atoms with Gasteiger partial charge in [-0.25, -0.2) is 22.8 Å². The van der Waals surface area contributed by atoms with Gasteiger partial charge in [0.1, 0.15) is 15.7 Å². The van der Waals surface area contributed by atoms with E-state index in [9.17, 15) is 17.6 Å². The number of nitrogens with one attached hydrogen (secondary N) is 1. The van der Waals surface area contributed by atoms with E-state index in [0.29, 0.717) is 28.9 Å². The van der Waals surface area contributed by atoms with Gasteiger partial charge in [0.2, 0.25) is 5.95 Å². The number of fused-ring (bicyclic) bond motifs is 1. The van der Waals surface area contributed by atoms with Crippen LogP contribution in [0.25, 0.3) is 10.2 Å². The van der Waals surface area contributed by atoms with E-state index in [-0.39, 0.29) is 35.3 Å². The van der Waals surface area contributed by atoms with Gasteiger partial charge in [-0.15, -0.1) is 11.3 Å². The second-order valence-corrected chi connectivity index (χ2v) is 11.4. The van der Waals surface area contributed by atoms with Crippen LogP contribution in [0.4, 0.5) is 10.3 Å². The van der Waals surface area contributed by atoms with Crippen LogP contribution >= 0.6 is 11.3 Å². The summed E-state index contributed by atoms with van der Waals surface area (Å²) in [5.74, 6) is -0.409. The number of aromatic nitrogens is 3. The highest BCUT2D eigenvalue weighted by molar-refractivity contribution is 7.90. The summed E-state index contributed by atoms with van der Waals surface area (Å²) in [5.41, 5.74) is 1.57. The van der Waals surface area contributed by atoms with E-state index in [4.69, 9.17) is 0 Å². The van der Waals surface area contributed by atoms with Gasteiger partial charge in [-0.3, -0.25) is 9.78 Å². The number of carbonyl (C=O) groups excluding carboxylic acids is 1. The summed E-state index contributed by atoms with van der Waals surface area (Å²) in [4.78, 5) is 28.6. The standard InChI is InChI=1S/C20H22FN5O3S2/c1-11-4-16-18(30-11)17(19(27)26-8-13(9-26)10-31(3,28)29)25-20(24-16)23-12(2)14-5-15(21)7-22-6-14/h4-7,12-13H,8-10H2,1-3H3,(H,23,24,25)/t12-/m0/s1. The number of likely N-dealkylation sites (tertiary alicyclic amines) is 1. The van der Waals surface area contributed by atoms with Crippen molar-refractivity contribution in [2.45, 2.75) is 19.9 Å². The molecule has 1 aliphatic rings. The molecule has 4 rings (SSSR count). The zero-order valence-electron chi connectivity index (χ0n) is 17.3. The average Bonchev–Trinajstić information content (AvgIpc) is 3.02. The van der Waals surface area contributed by atoms with Crippen molar-refractivity contribution in [1.29, 1.82) is 0 Å². The van der Waals surface area contributed by atoms with Crippen molar-refractivity contribution in [3.63, 3.8) is 0 Å². The Hall–Kier alpha value is -2.66. The molecule has 0 aromatic carbocycles. The third-order valence-electron chi connectivity index (χ3n) is 5.05. The Morgan fingerprint density at radius 1 is 1.32 bits per heavy atom. The van der Waals surface area contributed by atoms with Gasteiger partial charge in [-0.05, 0) is 31.5 Å². The fourth-order valence-corrected chi connectivity index (χ4v) is 5.62. The molecule has 1 aliphatic heterocycles. The minimum absolute atomic E-state index is 0.0561. The van der Waals surface area contributed by atoms with Crippen LogP contribution in [-0.2, 0) is 9.84 Å². The molecule has 1 N–H and O–H groups in total. The van der Waals surface area contributed by atoms with Gasteiger partial charge in [0.15, 0.2) is 5.69 Å². The first-order valence-electron chi connectivity index (χ1n) is 9.71. The van der Waals surface area contributed by atoms with Crippen LogP contribution < -0.4 is 5.32 Å². The van der Waals surface area contributed by atoms with E-state index < -0.39 is 15.7 Å². The Balaban J connectivity index is 1.59. The lowest BCUT2D eigenvalue weighted by atomic mass is 10.0. The van der Waals surface area contributed by atoms with Gasteiger partial charge in [0.25, 0.3) is 5.91 Å². The number of hydrogen-bond donors (Lipinski definition) is 1. The van der Waals surface area contributed by atoms with E-state index in [0.717, 1.165) is 11.1 Å². The maximum Gasteiger partial charge on any atom is 0.274 e. The number of rotatable bonds is 6. The Kier molecular flexibility index (Phi) is 5.65. The number of carbonyl (C=O) groups is 1. The first kappa shape index (κ1) is 21.6. The highest BCUT2D eigenvalue weighted by Gasteiger charge is 2.35. The SMILES string of the molecule is Cc1cc2nc(N[C@@H](C)c3cncc(F)c3)nc(C(=O)N3CC(CS(C)(=O)=O)C3)c2s1. The molecule has 1 saturated heterocycles. The number of pyridine rings is 1. The largest absolute Gasteiger partial charge is 0.348 e. The summed E-state index contributed by atoms with van der Waals surface area (Å²) >= 11 is 1.44. The van der Waals surface area contributed by atoms with Crippen LogP contribution in [0.3, 0.4) is 0 Å². The van der Waals surface area contributed by atoms with Gasteiger partial charge < -0.3 is 10.2 Å². The summed E-state index contributed by atoms with van der Waals surface area (Å²) in [6.45, 7) is 4.53. The fourth-order valence-electron chi connectivity index (χ4n) is 3.62.